The van der Waals surface area contributed by atoms with E-state index in [9.17, 15) is 9.59 Å². The predicted molar refractivity (Wildman–Crippen MR) is 78.9 cm³/mol. The molecule has 2 N–H and O–H groups in total. The van der Waals surface area contributed by atoms with E-state index in [4.69, 9.17) is 9.47 Å². The highest BCUT2D eigenvalue weighted by molar-refractivity contribution is 5.92. The van der Waals surface area contributed by atoms with E-state index in [0.717, 1.165) is 0 Å². The first-order valence-electron chi connectivity index (χ1n) is 6.35. The summed E-state index contributed by atoms with van der Waals surface area (Å²) in [4.78, 5) is 26.3. The van der Waals surface area contributed by atoms with E-state index in [1.54, 1.807) is 38.3 Å². The van der Waals surface area contributed by atoms with Crippen molar-refractivity contribution in [2.45, 2.75) is 6.92 Å². The van der Waals surface area contributed by atoms with Gasteiger partial charge in [-0.05, 0) is 19.1 Å². The van der Waals surface area contributed by atoms with Crippen molar-refractivity contribution in [3.05, 3.63) is 52.4 Å². The summed E-state index contributed by atoms with van der Waals surface area (Å²) in [6.45, 7) is 1.46. The van der Waals surface area contributed by atoms with E-state index < -0.39 is 0 Å². The van der Waals surface area contributed by atoms with Crippen LogP contribution < -0.4 is 20.2 Å². The Bertz CT molecular complexity index is 694. The van der Waals surface area contributed by atoms with Crippen LogP contribution in [0.25, 0.3) is 0 Å². The van der Waals surface area contributed by atoms with Gasteiger partial charge in [0.1, 0.15) is 5.75 Å². The number of amides is 1. The molecule has 0 radical (unpaired) electrons. The standard InChI is InChI=1S/C15H16N2O4/c1-10-15(13(18)6-7-16-10)21-9-14(19)17-11-4-3-5-12(8-11)20-2/h3-8H,9H2,1-2H3,(H,16,18)(H,17,19). The molecule has 1 aromatic carbocycles. The highest BCUT2D eigenvalue weighted by Crippen LogP contribution is 2.16. The molecule has 0 fully saturated rings. The first kappa shape index (κ1) is 14.6. The maximum Gasteiger partial charge on any atom is 0.262 e. The first-order chi connectivity index (χ1) is 10.1. The minimum atomic E-state index is -0.356. The Hall–Kier alpha value is -2.76. The number of aryl methyl sites for hydroxylation is 1. The molecule has 6 heteroatoms. The number of ether oxygens (including phenoxy) is 2. The van der Waals surface area contributed by atoms with E-state index in [1.807, 2.05) is 0 Å². The molecule has 2 aromatic rings. The number of pyridine rings is 1. The quantitative estimate of drug-likeness (QED) is 0.877. The number of rotatable bonds is 5. The fourth-order valence-corrected chi connectivity index (χ4v) is 1.78. The summed E-state index contributed by atoms with van der Waals surface area (Å²) in [5, 5.41) is 2.67. The summed E-state index contributed by atoms with van der Waals surface area (Å²) in [6, 6.07) is 8.32. The van der Waals surface area contributed by atoms with Crippen molar-refractivity contribution < 1.29 is 14.3 Å². The van der Waals surface area contributed by atoms with E-state index in [-0.39, 0.29) is 23.7 Å². The summed E-state index contributed by atoms with van der Waals surface area (Å²) in [7, 11) is 1.55. The van der Waals surface area contributed by atoms with E-state index in [0.29, 0.717) is 17.1 Å². The van der Waals surface area contributed by atoms with Crippen molar-refractivity contribution in [3.63, 3.8) is 0 Å². The van der Waals surface area contributed by atoms with Gasteiger partial charge >= 0.3 is 0 Å². The lowest BCUT2D eigenvalue weighted by molar-refractivity contribution is -0.118. The average molecular weight is 288 g/mol. The Kier molecular flexibility index (Phi) is 4.61. The van der Waals surface area contributed by atoms with Crippen molar-refractivity contribution >= 4 is 11.6 Å². The molecule has 0 aliphatic rings. The van der Waals surface area contributed by atoms with Gasteiger partial charge in [-0.25, -0.2) is 0 Å². The predicted octanol–water partition coefficient (Wildman–Crippen LogP) is 1.71. The Morgan fingerprint density at radius 1 is 1.33 bits per heavy atom. The number of anilines is 1. The van der Waals surface area contributed by atoms with Gasteiger partial charge < -0.3 is 19.8 Å². The number of aromatic amines is 1. The zero-order valence-corrected chi connectivity index (χ0v) is 11.8. The van der Waals surface area contributed by atoms with Crippen LogP contribution in [-0.4, -0.2) is 24.6 Å². The zero-order valence-electron chi connectivity index (χ0n) is 11.8. The van der Waals surface area contributed by atoms with Gasteiger partial charge in [0.2, 0.25) is 5.43 Å². The van der Waals surface area contributed by atoms with Crippen molar-refractivity contribution in [3.8, 4) is 11.5 Å². The van der Waals surface area contributed by atoms with Gasteiger partial charge in [0.05, 0.1) is 12.8 Å². The van der Waals surface area contributed by atoms with Crippen molar-refractivity contribution in [2.24, 2.45) is 0 Å². The normalized spacial score (nSPS) is 10.0. The second-order valence-corrected chi connectivity index (χ2v) is 4.36. The first-order valence-corrected chi connectivity index (χ1v) is 6.35. The molecule has 0 atom stereocenters. The smallest absolute Gasteiger partial charge is 0.262 e. The van der Waals surface area contributed by atoms with Crippen LogP contribution in [-0.2, 0) is 4.79 Å². The van der Waals surface area contributed by atoms with Gasteiger partial charge in [0, 0.05) is 24.0 Å². The maximum absolute atomic E-state index is 11.8. The highest BCUT2D eigenvalue weighted by atomic mass is 16.5. The number of carbonyl (C=O) groups excluding carboxylic acids is 1. The number of hydrogen-bond donors (Lipinski definition) is 2. The largest absolute Gasteiger partial charge is 0.497 e. The SMILES string of the molecule is COc1cccc(NC(=O)COc2c(C)[nH]ccc2=O)c1. The monoisotopic (exact) mass is 288 g/mol. The third-order valence-electron chi connectivity index (χ3n) is 2.80. The van der Waals surface area contributed by atoms with Crippen LogP contribution in [0.15, 0.2) is 41.3 Å². The van der Waals surface area contributed by atoms with Crippen LogP contribution in [0.4, 0.5) is 5.69 Å². The fraction of sp³-hybridized carbons (Fsp3) is 0.200. The lowest BCUT2D eigenvalue weighted by Gasteiger charge is -2.09. The van der Waals surface area contributed by atoms with Gasteiger partial charge in [-0.15, -0.1) is 0 Å². The Morgan fingerprint density at radius 3 is 2.86 bits per heavy atom. The Morgan fingerprint density at radius 2 is 2.14 bits per heavy atom. The Labute approximate surface area is 121 Å². The highest BCUT2D eigenvalue weighted by Gasteiger charge is 2.08. The summed E-state index contributed by atoms with van der Waals surface area (Å²) < 4.78 is 10.3. The van der Waals surface area contributed by atoms with Crippen molar-refractivity contribution in [1.82, 2.24) is 4.98 Å². The number of nitrogens with one attached hydrogen (secondary N) is 2. The molecule has 0 unspecified atom stereocenters. The van der Waals surface area contributed by atoms with Crippen LogP contribution in [0, 0.1) is 6.92 Å². The third kappa shape index (κ3) is 3.85. The molecule has 2 rings (SSSR count). The van der Waals surface area contributed by atoms with Gasteiger partial charge in [0.25, 0.3) is 5.91 Å². The number of H-pyrrole nitrogens is 1. The van der Waals surface area contributed by atoms with Crippen LogP contribution in [0.3, 0.4) is 0 Å². The molecular weight excluding hydrogens is 272 g/mol. The van der Waals surface area contributed by atoms with E-state index in [1.165, 1.54) is 12.3 Å². The van der Waals surface area contributed by atoms with Gasteiger partial charge in [-0.3, -0.25) is 9.59 Å². The molecule has 0 aliphatic carbocycles. The van der Waals surface area contributed by atoms with E-state index in [2.05, 4.69) is 10.3 Å². The number of hydrogen-bond acceptors (Lipinski definition) is 4. The van der Waals surface area contributed by atoms with Crippen LogP contribution in [0.5, 0.6) is 11.5 Å². The lowest BCUT2D eigenvalue weighted by Crippen LogP contribution is -2.22. The summed E-state index contributed by atoms with van der Waals surface area (Å²) >= 11 is 0. The minimum Gasteiger partial charge on any atom is -0.497 e. The molecule has 0 bridgehead atoms. The molecule has 21 heavy (non-hydrogen) atoms. The van der Waals surface area contributed by atoms with Crippen LogP contribution in [0.1, 0.15) is 5.69 Å². The molecule has 1 amide bonds. The number of benzene rings is 1. The lowest BCUT2D eigenvalue weighted by atomic mass is 10.3. The molecule has 1 heterocycles. The average Bonchev–Trinajstić information content (AvgIpc) is 2.47. The summed E-state index contributed by atoms with van der Waals surface area (Å²) in [5.41, 5.74) is 0.916. The molecule has 6 nitrogen and oxygen atoms in total. The molecule has 0 saturated heterocycles. The second-order valence-electron chi connectivity index (χ2n) is 4.36. The summed E-state index contributed by atoms with van der Waals surface area (Å²) in [5.74, 6) is 0.438. The number of aromatic nitrogens is 1. The third-order valence-corrected chi connectivity index (χ3v) is 2.80. The fourth-order valence-electron chi connectivity index (χ4n) is 1.78. The van der Waals surface area contributed by atoms with Crippen LogP contribution in [0.2, 0.25) is 0 Å². The minimum absolute atomic E-state index is 0.151. The molecule has 0 aliphatic heterocycles. The van der Waals surface area contributed by atoms with Crippen LogP contribution >= 0.6 is 0 Å². The van der Waals surface area contributed by atoms with Crippen molar-refractivity contribution in [2.75, 3.05) is 19.0 Å². The Balaban J connectivity index is 1.97. The van der Waals surface area contributed by atoms with Gasteiger partial charge in [-0.2, -0.15) is 0 Å². The summed E-state index contributed by atoms with van der Waals surface area (Å²) in [6.07, 6.45) is 1.53. The molecule has 0 spiro atoms. The van der Waals surface area contributed by atoms with Crippen molar-refractivity contribution in [1.29, 1.82) is 0 Å². The number of methoxy groups -OCH3 is 1. The molecule has 0 saturated carbocycles. The zero-order chi connectivity index (χ0) is 15.2. The molecule has 110 valence electrons. The molecule has 1 aromatic heterocycles. The second kappa shape index (κ2) is 6.60. The topological polar surface area (TPSA) is 80.4 Å². The van der Waals surface area contributed by atoms with E-state index >= 15 is 0 Å². The molecular formula is C15H16N2O4. The maximum atomic E-state index is 11.8. The van der Waals surface area contributed by atoms with Gasteiger partial charge in [-0.1, -0.05) is 6.07 Å². The number of carbonyl (C=O) groups is 1. The van der Waals surface area contributed by atoms with Gasteiger partial charge in [0.15, 0.2) is 12.4 Å².